The summed E-state index contributed by atoms with van der Waals surface area (Å²) in [4.78, 5) is 14.8. The number of carboxylic acids is 1. The van der Waals surface area contributed by atoms with Crippen molar-refractivity contribution >= 4 is 17.6 Å². The highest BCUT2D eigenvalue weighted by atomic mass is 35.5. The van der Waals surface area contributed by atoms with Gasteiger partial charge in [0.25, 0.3) is 0 Å². The first-order valence-electron chi connectivity index (χ1n) is 4.78. The molecule has 0 aliphatic carbocycles. The molecule has 4 nitrogen and oxygen atoms in total. The average Bonchev–Trinajstić information content (AvgIpc) is 2.32. The number of hydrogen-bond acceptors (Lipinski definition) is 3. The Kier molecular flexibility index (Phi) is 3.25. The maximum absolute atomic E-state index is 10.9. The molecule has 86 valence electrons. The maximum Gasteiger partial charge on any atom is 0.337 e. The largest absolute Gasteiger partial charge is 0.478 e. The molecule has 1 aromatic carbocycles. The topological polar surface area (TPSA) is 59.4 Å². The van der Waals surface area contributed by atoms with Crippen LogP contribution in [0.3, 0.4) is 0 Å². The molecular formula is C12H8ClNO3. The predicted octanol–water partition coefficient (Wildman–Crippen LogP) is 3.23. The predicted molar refractivity (Wildman–Crippen MR) is 62.7 cm³/mol. The standard InChI is InChI=1S/C12H8ClNO3/c13-10-5-4-8(7-9(10)12(15)16)17-11-3-1-2-6-14-11/h1-7H,(H,15,16). The number of pyridine rings is 1. The van der Waals surface area contributed by atoms with E-state index in [0.717, 1.165) is 0 Å². The van der Waals surface area contributed by atoms with Crippen LogP contribution in [-0.4, -0.2) is 16.1 Å². The van der Waals surface area contributed by atoms with E-state index in [4.69, 9.17) is 21.4 Å². The number of ether oxygens (including phenoxy) is 1. The first-order chi connectivity index (χ1) is 8.16. The molecule has 0 radical (unpaired) electrons. The first-order valence-corrected chi connectivity index (χ1v) is 5.16. The lowest BCUT2D eigenvalue weighted by molar-refractivity contribution is 0.0696. The van der Waals surface area contributed by atoms with Crippen molar-refractivity contribution in [3.8, 4) is 11.6 Å². The van der Waals surface area contributed by atoms with E-state index in [-0.39, 0.29) is 10.6 Å². The normalized spacial score (nSPS) is 9.94. The van der Waals surface area contributed by atoms with E-state index in [1.807, 2.05) is 0 Å². The van der Waals surface area contributed by atoms with E-state index >= 15 is 0 Å². The molecule has 2 rings (SSSR count). The number of halogens is 1. The van der Waals surface area contributed by atoms with Gasteiger partial charge in [-0.15, -0.1) is 0 Å². The summed E-state index contributed by atoms with van der Waals surface area (Å²) in [6, 6.07) is 9.63. The summed E-state index contributed by atoms with van der Waals surface area (Å²) in [5, 5.41) is 9.07. The van der Waals surface area contributed by atoms with Crippen LogP contribution < -0.4 is 4.74 Å². The van der Waals surface area contributed by atoms with Crippen molar-refractivity contribution in [3.05, 3.63) is 53.2 Å². The van der Waals surface area contributed by atoms with Crippen LogP contribution >= 0.6 is 11.6 Å². The number of hydrogen-bond donors (Lipinski definition) is 1. The Hall–Kier alpha value is -2.07. The average molecular weight is 250 g/mol. The van der Waals surface area contributed by atoms with Crippen molar-refractivity contribution in [1.82, 2.24) is 4.98 Å². The lowest BCUT2D eigenvalue weighted by Gasteiger charge is -2.05. The monoisotopic (exact) mass is 249 g/mol. The fourth-order valence-electron chi connectivity index (χ4n) is 1.26. The van der Waals surface area contributed by atoms with Crippen molar-refractivity contribution in [3.63, 3.8) is 0 Å². The van der Waals surface area contributed by atoms with Gasteiger partial charge in [-0.1, -0.05) is 17.7 Å². The highest BCUT2D eigenvalue weighted by Gasteiger charge is 2.10. The summed E-state index contributed by atoms with van der Waals surface area (Å²) >= 11 is 5.74. The second kappa shape index (κ2) is 4.84. The maximum atomic E-state index is 10.9. The minimum Gasteiger partial charge on any atom is -0.478 e. The van der Waals surface area contributed by atoms with Gasteiger partial charge in [-0.3, -0.25) is 0 Å². The third kappa shape index (κ3) is 2.73. The lowest BCUT2D eigenvalue weighted by Crippen LogP contribution is -1.98. The highest BCUT2D eigenvalue weighted by molar-refractivity contribution is 6.33. The Morgan fingerprint density at radius 1 is 1.29 bits per heavy atom. The number of aromatic carboxylic acids is 1. The Bertz CT molecular complexity index is 543. The number of aromatic nitrogens is 1. The van der Waals surface area contributed by atoms with E-state index in [9.17, 15) is 4.79 Å². The van der Waals surface area contributed by atoms with Gasteiger partial charge in [-0.25, -0.2) is 9.78 Å². The second-order valence-corrected chi connectivity index (χ2v) is 3.62. The molecule has 2 aromatic rings. The molecule has 17 heavy (non-hydrogen) atoms. The van der Waals surface area contributed by atoms with E-state index in [2.05, 4.69) is 4.98 Å². The second-order valence-electron chi connectivity index (χ2n) is 3.22. The van der Waals surface area contributed by atoms with Gasteiger partial charge in [0, 0.05) is 12.3 Å². The molecule has 1 aromatic heterocycles. The van der Waals surface area contributed by atoms with Crippen molar-refractivity contribution in [2.24, 2.45) is 0 Å². The molecule has 0 atom stereocenters. The van der Waals surface area contributed by atoms with E-state index in [1.54, 1.807) is 30.5 Å². The Morgan fingerprint density at radius 3 is 2.76 bits per heavy atom. The van der Waals surface area contributed by atoms with E-state index in [0.29, 0.717) is 11.6 Å². The van der Waals surface area contributed by atoms with Gasteiger partial charge >= 0.3 is 5.97 Å². The van der Waals surface area contributed by atoms with Gasteiger partial charge in [0.15, 0.2) is 0 Å². The Morgan fingerprint density at radius 2 is 2.12 bits per heavy atom. The fraction of sp³-hybridized carbons (Fsp3) is 0. The SMILES string of the molecule is O=C(O)c1cc(Oc2ccccn2)ccc1Cl. The van der Waals surface area contributed by atoms with Gasteiger partial charge in [-0.05, 0) is 24.3 Å². The van der Waals surface area contributed by atoms with Gasteiger partial charge in [-0.2, -0.15) is 0 Å². The molecule has 5 heteroatoms. The molecule has 0 fully saturated rings. The molecule has 1 N–H and O–H groups in total. The minimum atomic E-state index is -1.10. The summed E-state index contributed by atoms with van der Waals surface area (Å²) in [6.07, 6.45) is 1.59. The van der Waals surface area contributed by atoms with Crippen LogP contribution in [0.15, 0.2) is 42.6 Å². The van der Waals surface area contributed by atoms with Crippen LogP contribution in [-0.2, 0) is 0 Å². The summed E-state index contributed by atoms with van der Waals surface area (Å²) in [5.74, 6) is -0.321. The van der Waals surface area contributed by atoms with Crippen LogP contribution in [0.1, 0.15) is 10.4 Å². The summed E-state index contributed by atoms with van der Waals surface area (Å²) in [6.45, 7) is 0. The zero-order valence-corrected chi connectivity index (χ0v) is 9.39. The minimum absolute atomic E-state index is 0.0000905. The summed E-state index contributed by atoms with van der Waals surface area (Å²) in [7, 11) is 0. The van der Waals surface area contributed by atoms with Crippen LogP contribution in [0.2, 0.25) is 5.02 Å². The number of rotatable bonds is 3. The Labute approximate surface area is 102 Å². The summed E-state index contributed by atoms with van der Waals surface area (Å²) < 4.78 is 5.39. The van der Waals surface area contributed by atoms with Crippen molar-refractivity contribution in [1.29, 1.82) is 0 Å². The molecule has 0 spiro atoms. The van der Waals surface area contributed by atoms with Gasteiger partial charge in [0.05, 0.1) is 10.6 Å². The number of nitrogens with zero attached hydrogens (tertiary/aromatic N) is 1. The molecule has 1 heterocycles. The van der Waals surface area contributed by atoms with Gasteiger partial charge in [0.1, 0.15) is 5.75 Å². The van der Waals surface area contributed by atoms with Gasteiger partial charge < -0.3 is 9.84 Å². The molecular weight excluding hydrogens is 242 g/mol. The zero-order chi connectivity index (χ0) is 12.3. The van der Waals surface area contributed by atoms with Crippen molar-refractivity contribution in [2.45, 2.75) is 0 Å². The zero-order valence-electron chi connectivity index (χ0n) is 8.63. The molecule has 0 saturated heterocycles. The fourth-order valence-corrected chi connectivity index (χ4v) is 1.46. The Balaban J connectivity index is 2.29. The van der Waals surface area contributed by atoms with E-state index < -0.39 is 5.97 Å². The third-order valence-electron chi connectivity index (χ3n) is 2.03. The molecule has 0 bridgehead atoms. The quantitative estimate of drug-likeness (QED) is 0.907. The van der Waals surface area contributed by atoms with E-state index in [1.165, 1.54) is 12.1 Å². The molecule has 0 aliphatic heterocycles. The van der Waals surface area contributed by atoms with Crippen molar-refractivity contribution in [2.75, 3.05) is 0 Å². The number of benzene rings is 1. The molecule has 0 aliphatic rings. The van der Waals surface area contributed by atoms with Crippen LogP contribution in [0.4, 0.5) is 0 Å². The number of carbonyl (C=O) groups is 1. The van der Waals surface area contributed by atoms with Crippen molar-refractivity contribution < 1.29 is 14.6 Å². The smallest absolute Gasteiger partial charge is 0.337 e. The molecule has 0 saturated carbocycles. The molecule has 0 amide bonds. The highest BCUT2D eigenvalue weighted by Crippen LogP contribution is 2.25. The lowest BCUT2D eigenvalue weighted by atomic mass is 10.2. The summed E-state index contributed by atoms with van der Waals surface area (Å²) in [5.41, 5.74) is 0.0000905. The number of carboxylic acid groups (broad SMARTS) is 1. The first kappa shape index (κ1) is 11.4. The third-order valence-corrected chi connectivity index (χ3v) is 2.36. The van der Waals surface area contributed by atoms with Crippen LogP contribution in [0.5, 0.6) is 11.6 Å². The molecule has 0 unspecified atom stereocenters. The van der Waals surface area contributed by atoms with Crippen LogP contribution in [0, 0.1) is 0 Å². The van der Waals surface area contributed by atoms with Gasteiger partial charge in [0.2, 0.25) is 5.88 Å². The van der Waals surface area contributed by atoms with Crippen LogP contribution in [0.25, 0.3) is 0 Å².